The molecule has 3 heteroatoms. The topological polar surface area (TPSA) is 34.1 Å². The molecule has 2 rings (SSSR count). The van der Waals surface area contributed by atoms with Crippen LogP contribution in [-0.2, 0) is 0 Å². The van der Waals surface area contributed by atoms with Crippen LogP contribution in [0.2, 0.25) is 0 Å². The zero-order valence-corrected chi connectivity index (χ0v) is 10.4. The molecule has 1 aromatic carbocycles. The Hall–Kier alpha value is -1.27. The van der Waals surface area contributed by atoms with E-state index in [-0.39, 0.29) is 17.2 Å². The highest BCUT2D eigenvalue weighted by molar-refractivity contribution is 7.18. The zero-order chi connectivity index (χ0) is 11.9. The number of benzene rings is 1. The molecule has 2 atom stereocenters. The Morgan fingerprint density at radius 2 is 1.56 bits per heavy atom. The lowest BCUT2D eigenvalue weighted by atomic mass is 9.83. The molecule has 82 valence electrons. The van der Waals surface area contributed by atoms with Crippen molar-refractivity contribution in [2.24, 2.45) is 0 Å². The third-order valence-electron chi connectivity index (χ3n) is 2.86. The minimum absolute atomic E-state index is 0.00445. The fraction of sp³-hybridized carbons (Fsp3) is 0.231. The first-order valence-corrected chi connectivity index (χ1v) is 5.85. The van der Waals surface area contributed by atoms with Crippen LogP contribution in [0.1, 0.15) is 34.6 Å². The normalized spacial score (nSPS) is 17.4. The Morgan fingerprint density at radius 3 is 2.06 bits per heavy atom. The van der Waals surface area contributed by atoms with Crippen LogP contribution in [0.4, 0.5) is 0 Å². The first-order valence-electron chi connectivity index (χ1n) is 5.18. The third-order valence-corrected chi connectivity index (χ3v) is 3.19. The van der Waals surface area contributed by atoms with Crippen LogP contribution >= 0.6 is 9.24 Å². The van der Waals surface area contributed by atoms with Gasteiger partial charge in [-0.05, 0) is 6.92 Å². The van der Waals surface area contributed by atoms with Crippen LogP contribution in [0.3, 0.4) is 0 Å². The number of allylic oxidation sites excluding steroid dienone is 2. The Labute approximate surface area is 96.9 Å². The predicted octanol–water partition coefficient (Wildman–Crippen LogP) is 2.65. The Bertz CT molecular complexity index is 512. The van der Waals surface area contributed by atoms with E-state index in [1.165, 1.54) is 0 Å². The van der Waals surface area contributed by atoms with Crippen molar-refractivity contribution in [3.63, 3.8) is 0 Å². The van der Waals surface area contributed by atoms with Gasteiger partial charge in [0.2, 0.25) is 0 Å². The highest BCUT2D eigenvalue weighted by atomic mass is 31.0. The molecule has 0 amide bonds. The summed E-state index contributed by atoms with van der Waals surface area (Å²) in [7, 11) is 2.57. The zero-order valence-electron chi connectivity index (χ0n) is 9.28. The van der Waals surface area contributed by atoms with E-state index in [0.717, 1.165) is 0 Å². The summed E-state index contributed by atoms with van der Waals surface area (Å²) in [4.78, 5) is 24.2. The molecule has 0 radical (unpaired) electrons. The number of fused-ring (bicyclic) bond motifs is 1. The van der Waals surface area contributed by atoms with Crippen LogP contribution in [0.25, 0.3) is 0 Å². The molecule has 16 heavy (non-hydrogen) atoms. The highest BCUT2D eigenvalue weighted by Crippen LogP contribution is 2.30. The molecule has 0 spiro atoms. The first-order chi connectivity index (χ1) is 7.54. The maximum absolute atomic E-state index is 12.2. The molecular formula is C13H13O2P. The fourth-order valence-electron chi connectivity index (χ4n) is 2.07. The molecule has 0 bridgehead atoms. The molecule has 0 N–H and O–H groups in total. The Balaban J connectivity index is 2.68. The Morgan fingerprint density at radius 1 is 1.06 bits per heavy atom. The van der Waals surface area contributed by atoms with E-state index >= 15 is 0 Å². The highest BCUT2D eigenvalue weighted by Gasteiger charge is 2.30. The number of rotatable bonds is 1. The van der Waals surface area contributed by atoms with Crippen LogP contribution in [0.15, 0.2) is 35.4 Å². The van der Waals surface area contributed by atoms with Crippen LogP contribution in [-0.4, -0.2) is 17.2 Å². The van der Waals surface area contributed by atoms with Crippen molar-refractivity contribution in [2.75, 3.05) is 0 Å². The molecule has 1 aliphatic carbocycles. The summed E-state index contributed by atoms with van der Waals surface area (Å²) in [6, 6.07) is 7.00. The molecule has 0 fully saturated rings. The SMILES string of the molecule is CC1=C(C(C)P)C(=O)c2ccccc2C1=O. The molecule has 1 aliphatic rings. The van der Waals surface area contributed by atoms with Gasteiger partial charge in [0.05, 0.1) is 0 Å². The summed E-state index contributed by atoms with van der Waals surface area (Å²) in [5.74, 6) is -0.0466. The summed E-state index contributed by atoms with van der Waals surface area (Å²) in [5, 5.41) is 0. The van der Waals surface area contributed by atoms with E-state index in [0.29, 0.717) is 22.3 Å². The van der Waals surface area contributed by atoms with Gasteiger partial charge in [0.1, 0.15) is 0 Å². The quantitative estimate of drug-likeness (QED) is 0.697. The number of Topliss-reactive ketones (excluding diaryl/α,β-unsaturated/α-hetero) is 2. The standard InChI is InChI=1S/C13H13O2P/c1-7-11(8(2)16)13(15)10-6-4-3-5-9(10)12(7)14/h3-6,8H,16H2,1-2H3. The lowest BCUT2D eigenvalue weighted by Gasteiger charge is -2.20. The number of ketones is 2. The van der Waals surface area contributed by atoms with E-state index in [1.54, 1.807) is 31.2 Å². The summed E-state index contributed by atoms with van der Waals surface area (Å²) < 4.78 is 0. The van der Waals surface area contributed by atoms with Gasteiger partial charge >= 0.3 is 0 Å². The van der Waals surface area contributed by atoms with Crippen molar-refractivity contribution in [1.82, 2.24) is 0 Å². The molecule has 0 saturated heterocycles. The van der Waals surface area contributed by atoms with Gasteiger partial charge in [0, 0.05) is 27.9 Å². The van der Waals surface area contributed by atoms with Gasteiger partial charge < -0.3 is 0 Å². The van der Waals surface area contributed by atoms with Gasteiger partial charge in [-0.25, -0.2) is 0 Å². The molecule has 2 nitrogen and oxygen atoms in total. The maximum atomic E-state index is 12.2. The summed E-state index contributed by atoms with van der Waals surface area (Å²) in [6.45, 7) is 3.63. The second kappa shape index (κ2) is 3.95. The van der Waals surface area contributed by atoms with Crippen molar-refractivity contribution in [3.05, 3.63) is 46.5 Å². The molecule has 0 aromatic heterocycles. The van der Waals surface area contributed by atoms with Crippen molar-refractivity contribution in [3.8, 4) is 0 Å². The van der Waals surface area contributed by atoms with Crippen LogP contribution < -0.4 is 0 Å². The molecule has 0 aliphatic heterocycles. The summed E-state index contributed by atoms with van der Waals surface area (Å²) >= 11 is 0. The maximum Gasteiger partial charge on any atom is 0.190 e. The van der Waals surface area contributed by atoms with Crippen molar-refractivity contribution >= 4 is 20.8 Å². The van der Waals surface area contributed by atoms with Gasteiger partial charge in [-0.15, -0.1) is 9.24 Å². The van der Waals surface area contributed by atoms with Gasteiger partial charge in [0.25, 0.3) is 0 Å². The molecule has 1 aromatic rings. The molecule has 2 unspecified atom stereocenters. The van der Waals surface area contributed by atoms with E-state index in [9.17, 15) is 9.59 Å². The smallest absolute Gasteiger partial charge is 0.190 e. The largest absolute Gasteiger partial charge is 0.289 e. The van der Waals surface area contributed by atoms with E-state index in [1.807, 2.05) is 6.92 Å². The minimum Gasteiger partial charge on any atom is -0.289 e. The Kier molecular flexibility index (Phi) is 2.77. The fourth-order valence-corrected chi connectivity index (χ4v) is 2.47. The molecule has 0 saturated carbocycles. The minimum atomic E-state index is -0.0282. The molecule has 0 heterocycles. The van der Waals surface area contributed by atoms with Crippen LogP contribution in [0, 0.1) is 0 Å². The number of carbonyl (C=O) groups excluding carboxylic acids is 2. The average Bonchev–Trinajstić information content (AvgIpc) is 2.26. The molecular weight excluding hydrogens is 219 g/mol. The van der Waals surface area contributed by atoms with Gasteiger partial charge in [-0.3, -0.25) is 9.59 Å². The number of hydrogen-bond donors (Lipinski definition) is 0. The van der Waals surface area contributed by atoms with Crippen LogP contribution in [0.5, 0.6) is 0 Å². The van der Waals surface area contributed by atoms with E-state index < -0.39 is 0 Å². The monoisotopic (exact) mass is 232 g/mol. The second-order valence-electron chi connectivity index (χ2n) is 4.03. The number of hydrogen-bond acceptors (Lipinski definition) is 2. The van der Waals surface area contributed by atoms with Gasteiger partial charge in [-0.1, -0.05) is 31.2 Å². The second-order valence-corrected chi connectivity index (χ2v) is 5.03. The van der Waals surface area contributed by atoms with Crippen molar-refractivity contribution < 1.29 is 9.59 Å². The summed E-state index contributed by atoms with van der Waals surface area (Å²) in [6.07, 6.45) is 0. The number of carbonyl (C=O) groups is 2. The lowest BCUT2D eigenvalue weighted by Crippen LogP contribution is -2.24. The van der Waals surface area contributed by atoms with E-state index in [4.69, 9.17) is 0 Å². The van der Waals surface area contributed by atoms with Gasteiger partial charge in [-0.2, -0.15) is 0 Å². The average molecular weight is 232 g/mol. The first kappa shape index (κ1) is 11.2. The van der Waals surface area contributed by atoms with E-state index in [2.05, 4.69) is 9.24 Å². The van der Waals surface area contributed by atoms with Crippen molar-refractivity contribution in [1.29, 1.82) is 0 Å². The third kappa shape index (κ3) is 1.54. The van der Waals surface area contributed by atoms with Crippen molar-refractivity contribution in [2.45, 2.75) is 19.5 Å². The van der Waals surface area contributed by atoms with Gasteiger partial charge in [0.15, 0.2) is 11.6 Å². The predicted molar refractivity (Wildman–Crippen MR) is 67.0 cm³/mol. The summed E-state index contributed by atoms with van der Waals surface area (Å²) in [5.41, 5.74) is 2.26. The lowest BCUT2D eigenvalue weighted by molar-refractivity contribution is 0.0973.